The van der Waals surface area contributed by atoms with Crippen LogP contribution in [0.1, 0.15) is 31.5 Å². The van der Waals surface area contributed by atoms with Crippen molar-refractivity contribution in [2.75, 3.05) is 6.61 Å². The largest absolute Gasteiger partial charge is 0.390 e. The predicted octanol–water partition coefficient (Wildman–Crippen LogP) is 1.97. The molecule has 17 heavy (non-hydrogen) atoms. The van der Waals surface area contributed by atoms with Gasteiger partial charge >= 0.3 is 0 Å². The van der Waals surface area contributed by atoms with Gasteiger partial charge in [-0.15, -0.1) is 0 Å². The second kappa shape index (κ2) is 5.61. The molecular formula is C14H21NO2. The molecule has 3 heteroatoms. The van der Waals surface area contributed by atoms with E-state index >= 15 is 0 Å². The van der Waals surface area contributed by atoms with Crippen LogP contribution < -0.4 is 0 Å². The van der Waals surface area contributed by atoms with E-state index in [9.17, 15) is 5.11 Å². The normalized spacial score (nSPS) is 26.1. The van der Waals surface area contributed by atoms with Gasteiger partial charge in [0.15, 0.2) is 0 Å². The Morgan fingerprint density at radius 1 is 1.53 bits per heavy atom. The minimum absolute atomic E-state index is 0.0253. The standard InChI is InChI=1S/C14H21NO2/c1-3-11-4-5-12(15-9-11)8-13(16)14-10(2)6-7-17-14/h4-5,9-10,13-14,16H,3,6-8H2,1-2H3. The first-order chi connectivity index (χ1) is 8.20. The topological polar surface area (TPSA) is 42.4 Å². The SMILES string of the molecule is CCc1ccc(CC(O)C2OCCC2C)nc1. The van der Waals surface area contributed by atoms with Crippen LogP contribution >= 0.6 is 0 Å². The van der Waals surface area contributed by atoms with Gasteiger partial charge < -0.3 is 9.84 Å². The Hall–Kier alpha value is -0.930. The second-order valence-electron chi connectivity index (χ2n) is 4.88. The van der Waals surface area contributed by atoms with Crippen LogP contribution in [-0.2, 0) is 17.6 Å². The van der Waals surface area contributed by atoms with Gasteiger partial charge in [-0.1, -0.05) is 19.9 Å². The average Bonchev–Trinajstić information content (AvgIpc) is 2.76. The summed E-state index contributed by atoms with van der Waals surface area (Å²) in [6.07, 6.45) is 4.05. The molecule has 1 aromatic heterocycles. The molecule has 0 radical (unpaired) electrons. The van der Waals surface area contributed by atoms with Gasteiger partial charge in [0.25, 0.3) is 0 Å². The smallest absolute Gasteiger partial charge is 0.0864 e. The number of aliphatic hydroxyl groups excluding tert-OH is 1. The van der Waals surface area contributed by atoms with Crippen molar-refractivity contribution >= 4 is 0 Å². The van der Waals surface area contributed by atoms with Crippen LogP contribution in [0.5, 0.6) is 0 Å². The van der Waals surface area contributed by atoms with Crippen molar-refractivity contribution in [3.8, 4) is 0 Å². The van der Waals surface area contributed by atoms with Gasteiger partial charge in [-0.2, -0.15) is 0 Å². The third kappa shape index (κ3) is 3.05. The lowest BCUT2D eigenvalue weighted by atomic mass is 9.96. The van der Waals surface area contributed by atoms with E-state index in [4.69, 9.17) is 4.74 Å². The number of nitrogens with zero attached hydrogens (tertiary/aromatic N) is 1. The van der Waals surface area contributed by atoms with E-state index in [2.05, 4.69) is 24.9 Å². The molecule has 0 aromatic carbocycles. The van der Waals surface area contributed by atoms with Gasteiger partial charge in [0.1, 0.15) is 0 Å². The molecule has 2 heterocycles. The molecule has 1 saturated heterocycles. The number of aromatic nitrogens is 1. The monoisotopic (exact) mass is 235 g/mol. The minimum atomic E-state index is -0.438. The Balaban J connectivity index is 1.95. The lowest BCUT2D eigenvalue weighted by Gasteiger charge is -2.21. The molecule has 3 nitrogen and oxygen atoms in total. The molecule has 0 spiro atoms. The van der Waals surface area contributed by atoms with Crippen LogP contribution in [0.2, 0.25) is 0 Å². The first-order valence-electron chi connectivity index (χ1n) is 6.44. The molecule has 1 aliphatic heterocycles. The second-order valence-corrected chi connectivity index (χ2v) is 4.88. The molecule has 2 rings (SSSR count). The molecule has 0 bridgehead atoms. The van der Waals surface area contributed by atoms with Crippen molar-refractivity contribution in [3.05, 3.63) is 29.6 Å². The van der Waals surface area contributed by atoms with Crippen molar-refractivity contribution in [2.45, 2.75) is 45.3 Å². The van der Waals surface area contributed by atoms with E-state index in [0.29, 0.717) is 12.3 Å². The van der Waals surface area contributed by atoms with Gasteiger partial charge in [-0.3, -0.25) is 4.98 Å². The zero-order valence-electron chi connectivity index (χ0n) is 10.6. The molecule has 3 atom stereocenters. The van der Waals surface area contributed by atoms with Gasteiger partial charge in [-0.05, 0) is 30.4 Å². The fraction of sp³-hybridized carbons (Fsp3) is 0.643. The fourth-order valence-corrected chi connectivity index (χ4v) is 2.32. The third-order valence-electron chi connectivity index (χ3n) is 3.54. The summed E-state index contributed by atoms with van der Waals surface area (Å²) >= 11 is 0. The summed E-state index contributed by atoms with van der Waals surface area (Å²) in [6, 6.07) is 4.08. The third-order valence-corrected chi connectivity index (χ3v) is 3.54. The highest BCUT2D eigenvalue weighted by Gasteiger charge is 2.30. The maximum Gasteiger partial charge on any atom is 0.0864 e. The average molecular weight is 235 g/mol. The van der Waals surface area contributed by atoms with Crippen molar-refractivity contribution in [1.82, 2.24) is 4.98 Å². The highest BCUT2D eigenvalue weighted by molar-refractivity contribution is 5.14. The number of ether oxygens (including phenoxy) is 1. The van der Waals surface area contributed by atoms with E-state index in [1.165, 1.54) is 5.56 Å². The molecule has 1 aliphatic rings. The zero-order chi connectivity index (χ0) is 12.3. The fourth-order valence-electron chi connectivity index (χ4n) is 2.32. The zero-order valence-corrected chi connectivity index (χ0v) is 10.6. The molecule has 1 aromatic rings. The Morgan fingerprint density at radius 2 is 2.35 bits per heavy atom. The molecular weight excluding hydrogens is 214 g/mol. The summed E-state index contributed by atoms with van der Waals surface area (Å²) in [5, 5.41) is 10.1. The first kappa shape index (κ1) is 12.5. The summed E-state index contributed by atoms with van der Waals surface area (Å²) < 4.78 is 5.57. The minimum Gasteiger partial charge on any atom is -0.390 e. The molecule has 94 valence electrons. The van der Waals surface area contributed by atoms with Crippen LogP contribution in [0.3, 0.4) is 0 Å². The van der Waals surface area contributed by atoms with Gasteiger partial charge in [-0.25, -0.2) is 0 Å². The Labute approximate surface area is 103 Å². The highest BCUT2D eigenvalue weighted by atomic mass is 16.5. The number of hydrogen-bond acceptors (Lipinski definition) is 3. The van der Waals surface area contributed by atoms with Crippen molar-refractivity contribution in [1.29, 1.82) is 0 Å². The van der Waals surface area contributed by atoms with E-state index in [1.807, 2.05) is 12.3 Å². The quantitative estimate of drug-likeness (QED) is 0.867. The molecule has 1 N–H and O–H groups in total. The first-order valence-corrected chi connectivity index (χ1v) is 6.44. The van der Waals surface area contributed by atoms with Crippen LogP contribution in [0, 0.1) is 5.92 Å². The summed E-state index contributed by atoms with van der Waals surface area (Å²) in [5.74, 6) is 0.444. The van der Waals surface area contributed by atoms with Gasteiger partial charge in [0.05, 0.1) is 12.2 Å². The molecule has 0 amide bonds. The van der Waals surface area contributed by atoms with Crippen molar-refractivity contribution < 1.29 is 9.84 Å². The predicted molar refractivity (Wildman–Crippen MR) is 66.8 cm³/mol. The van der Waals surface area contributed by atoms with E-state index in [-0.39, 0.29) is 6.10 Å². The van der Waals surface area contributed by atoms with Crippen LogP contribution in [-0.4, -0.2) is 28.9 Å². The van der Waals surface area contributed by atoms with E-state index in [0.717, 1.165) is 25.1 Å². The number of aryl methyl sites for hydroxylation is 1. The highest BCUT2D eigenvalue weighted by Crippen LogP contribution is 2.24. The number of hydrogen-bond donors (Lipinski definition) is 1. The maximum atomic E-state index is 10.1. The Morgan fingerprint density at radius 3 is 2.88 bits per heavy atom. The van der Waals surface area contributed by atoms with E-state index in [1.54, 1.807) is 0 Å². The van der Waals surface area contributed by atoms with E-state index < -0.39 is 6.10 Å². The number of pyridine rings is 1. The number of rotatable bonds is 4. The molecule has 3 unspecified atom stereocenters. The Bertz CT molecular complexity index is 350. The van der Waals surface area contributed by atoms with Crippen molar-refractivity contribution in [3.63, 3.8) is 0 Å². The summed E-state index contributed by atoms with van der Waals surface area (Å²) in [5.41, 5.74) is 2.17. The molecule has 1 fully saturated rings. The summed E-state index contributed by atoms with van der Waals surface area (Å²) in [4.78, 5) is 4.37. The number of aliphatic hydroxyl groups is 1. The van der Waals surface area contributed by atoms with Crippen LogP contribution in [0.25, 0.3) is 0 Å². The Kier molecular flexibility index (Phi) is 4.13. The summed E-state index contributed by atoms with van der Waals surface area (Å²) in [7, 11) is 0. The molecule has 0 aliphatic carbocycles. The van der Waals surface area contributed by atoms with Crippen LogP contribution in [0.15, 0.2) is 18.3 Å². The summed E-state index contributed by atoms with van der Waals surface area (Å²) in [6.45, 7) is 5.01. The lowest BCUT2D eigenvalue weighted by molar-refractivity contribution is -0.0161. The maximum absolute atomic E-state index is 10.1. The van der Waals surface area contributed by atoms with Crippen LogP contribution in [0.4, 0.5) is 0 Å². The van der Waals surface area contributed by atoms with Gasteiger partial charge in [0.2, 0.25) is 0 Å². The van der Waals surface area contributed by atoms with Gasteiger partial charge in [0, 0.05) is 24.9 Å². The van der Waals surface area contributed by atoms with Crippen molar-refractivity contribution in [2.24, 2.45) is 5.92 Å². The molecule has 0 saturated carbocycles. The lowest BCUT2D eigenvalue weighted by Crippen LogP contribution is -2.32.